The van der Waals surface area contributed by atoms with Crippen LogP contribution in [-0.2, 0) is 18.6 Å². The number of hydrogen-bond donors (Lipinski definition) is 0. The molecule has 4 nitrogen and oxygen atoms in total. The van der Waals surface area contributed by atoms with E-state index >= 15 is 0 Å². The summed E-state index contributed by atoms with van der Waals surface area (Å²) < 4.78 is 26.1. The zero-order valence-corrected chi connectivity index (χ0v) is 21.0. The van der Waals surface area contributed by atoms with Crippen LogP contribution in [0.5, 0.6) is 0 Å². The van der Waals surface area contributed by atoms with E-state index in [-0.39, 0.29) is 34.2 Å². The van der Waals surface area contributed by atoms with E-state index in [1.165, 1.54) is 0 Å². The van der Waals surface area contributed by atoms with E-state index in [2.05, 4.69) is 83.1 Å². The molecule has 0 spiro atoms. The third kappa shape index (κ3) is 3.45. The Morgan fingerprint density at radius 1 is 0.897 bits per heavy atom. The summed E-state index contributed by atoms with van der Waals surface area (Å²) >= 11 is 0. The molecule has 1 saturated carbocycles. The molecule has 2 heterocycles. The highest BCUT2D eigenvalue weighted by atomic mass is 16.7. The molecular weight excluding hydrogens is 362 g/mol. The van der Waals surface area contributed by atoms with Crippen molar-refractivity contribution in [3.05, 3.63) is 0 Å². The fourth-order valence-electron chi connectivity index (χ4n) is 5.75. The second kappa shape index (κ2) is 7.25. The van der Waals surface area contributed by atoms with E-state index < -0.39 is 14.0 Å². The van der Waals surface area contributed by atoms with Gasteiger partial charge in [0.2, 0.25) is 0 Å². The lowest BCUT2D eigenvalue weighted by atomic mass is 9.49. The molecule has 2 saturated heterocycles. The van der Waals surface area contributed by atoms with Gasteiger partial charge in [0.1, 0.15) is 0 Å². The lowest BCUT2D eigenvalue weighted by Crippen LogP contribution is -2.56. The van der Waals surface area contributed by atoms with Gasteiger partial charge in [0.15, 0.2) is 0 Å². The smallest absolute Gasteiger partial charge is 0.408 e. The SMILES string of the molecule is CC1CC2OB(B3OC(C)[C@](C)([C@@H](C)C(C)(C)C(C)C)O3)O[C@@]2(C)C(C)C1(C)C. The monoisotopic (exact) mass is 406 g/mol. The maximum atomic E-state index is 6.64. The van der Waals surface area contributed by atoms with Crippen molar-refractivity contribution in [3.8, 4) is 0 Å². The van der Waals surface area contributed by atoms with Gasteiger partial charge in [-0.05, 0) is 61.7 Å². The van der Waals surface area contributed by atoms with Crippen LogP contribution in [0.2, 0.25) is 0 Å². The molecular formula is C23H44B2O4. The molecule has 3 fully saturated rings. The molecule has 2 aliphatic heterocycles. The van der Waals surface area contributed by atoms with Crippen LogP contribution in [-0.4, -0.2) is 37.4 Å². The third-order valence-electron chi connectivity index (χ3n) is 10.3. The van der Waals surface area contributed by atoms with Gasteiger partial charge in [0.05, 0.1) is 23.4 Å². The molecule has 0 amide bonds. The summed E-state index contributed by atoms with van der Waals surface area (Å²) in [6.07, 6.45) is 1.08. The normalized spacial score (nSPS) is 43.8. The summed E-state index contributed by atoms with van der Waals surface area (Å²) in [6, 6.07) is 0. The van der Waals surface area contributed by atoms with Crippen molar-refractivity contribution in [2.75, 3.05) is 0 Å². The molecule has 0 bridgehead atoms. The summed E-state index contributed by atoms with van der Waals surface area (Å²) in [5.74, 6) is 1.85. The average molecular weight is 406 g/mol. The largest absolute Gasteiger partial charge is 0.488 e. The Hall–Kier alpha value is -0.0301. The highest BCUT2D eigenvalue weighted by Crippen LogP contribution is 2.55. The van der Waals surface area contributed by atoms with Crippen LogP contribution >= 0.6 is 0 Å². The molecule has 0 radical (unpaired) electrons. The summed E-state index contributed by atoms with van der Waals surface area (Å²) in [5, 5.41) is 0. The maximum absolute atomic E-state index is 6.64. The zero-order chi connectivity index (χ0) is 22.2. The van der Waals surface area contributed by atoms with Crippen molar-refractivity contribution in [2.24, 2.45) is 34.5 Å². The third-order valence-corrected chi connectivity index (χ3v) is 10.3. The Labute approximate surface area is 180 Å². The van der Waals surface area contributed by atoms with Gasteiger partial charge in [-0.15, -0.1) is 0 Å². The van der Waals surface area contributed by atoms with Gasteiger partial charge in [-0.1, -0.05) is 62.3 Å². The second-order valence-electron chi connectivity index (χ2n) is 12.1. The molecule has 7 atom stereocenters. The quantitative estimate of drug-likeness (QED) is 0.584. The van der Waals surface area contributed by atoms with E-state index in [4.69, 9.17) is 18.6 Å². The van der Waals surface area contributed by atoms with Crippen LogP contribution in [0.1, 0.15) is 89.5 Å². The van der Waals surface area contributed by atoms with E-state index in [1.54, 1.807) is 0 Å². The molecule has 6 heteroatoms. The van der Waals surface area contributed by atoms with Gasteiger partial charge in [-0.25, -0.2) is 0 Å². The molecule has 3 aliphatic rings. The zero-order valence-electron chi connectivity index (χ0n) is 21.0. The molecule has 3 rings (SSSR count). The predicted molar refractivity (Wildman–Crippen MR) is 120 cm³/mol. The number of hydrogen-bond acceptors (Lipinski definition) is 4. The lowest BCUT2D eigenvalue weighted by molar-refractivity contribution is -0.110. The van der Waals surface area contributed by atoms with Gasteiger partial charge >= 0.3 is 14.0 Å². The average Bonchev–Trinajstić information content (AvgIpc) is 3.11. The minimum absolute atomic E-state index is 0.0176. The van der Waals surface area contributed by atoms with E-state index in [0.29, 0.717) is 23.7 Å². The van der Waals surface area contributed by atoms with Crippen molar-refractivity contribution in [3.63, 3.8) is 0 Å². The van der Waals surface area contributed by atoms with Crippen LogP contribution < -0.4 is 0 Å². The summed E-state index contributed by atoms with van der Waals surface area (Å²) in [5.41, 5.74) is -0.346. The van der Waals surface area contributed by atoms with Gasteiger partial charge in [-0.2, -0.15) is 0 Å². The molecule has 29 heavy (non-hydrogen) atoms. The predicted octanol–water partition coefficient (Wildman–Crippen LogP) is 5.43. The Morgan fingerprint density at radius 2 is 1.45 bits per heavy atom. The van der Waals surface area contributed by atoms with Crippen LogP contribution in [0.3, 0.4) is 0 Å². The fraction of sp³-hybridized carbons (Fsp3) is 1.00. The first-order chi connectivity index (χ1) is 13.1. The Bertz CT molecular complexity index is 624. The highest BCUT2D eigenvalue weighted by Gasteiger charge is 2.66. The molecule has 0 aromatic carbocycles. The molecule has 0 aromatic heterocycles. The van der Waals surface area contributed by atoms with Crippen LogP contribution in [0.15, 0.2) is 0 Å². The van der Waals surface area contributed by atoms with Crippen molar-refractivity contribution in [1.82, 2.24) is 0 Å². The molecule has 166 valence electrons. The van der Waals surface area contributed by atoms with Gasteiger partial charge in [-0.3, -0.25) is 0 Å². The summed E-state index contributed by atoms with van der Waals surface area (Å²) in [6.45, 7) is 27.5. The highest BCUT2D eigenvalue weighted by molar-refractivity contribution is 7.11. The fourth-order valence-corrected chi connectivity index (χ4v) is 5.75. The first kappa shape index (κ1) is 23.6. The maximum Gasteiger partial charge on any atom is 0.488 e. The molecule has 1 aliphatic carbocycles. The standard InChI is InChI=1S/C23H44B2O4/c1-14(2)20(7,8)16(4)22(11)18(6)26-24(28-22)25-27-19-13-15(3)21(9,10)17(5)23(19,12)29-25/h14-19H,13H2,1-12H3/t15?,16-,17?,18?,19?,22-,23-/m0/s1. The van der Waals surface area contributed by atoms with E-state index in [0.717, 1.165) is 6.42 Å². The van der Waals surface area contributed by atoms with Crippen molar-refractivity contribution < 1.29 is 18.6 Å². The first-order valence-corrected chi connectivity index (χ1v) is 11.7. The van der Waals surface area contributed by atoms with Crippen molar-refractivity contribution >= 4 is 14.0 Å². The number of rotatable bonds is 4. The van der Waals surface area contributed by atoms with Crippen molar-refractivity contribution in [2.45, 2.75) is 113 Å². The van der Waals surface area contributed by atoms with Gasteiger partial charge in [0, 0.05) is 0 Å². The minimum Gasteiger partial charge on any atom is -0.408 e. The van der Waals surface area contributed by atoms with Crippen LogP contribution in [0, 0.1) is 34.5 Å². The molecule has 0 aromatic rings. The minimum atomic E-state index is -0.478. The van der Waals surface area contributed by atoms with Gasteiger partial charge in [0.25, 0.3) is 0 Å². The Balaban J connectivity index is 1.79. The summed E-state index contributed by atoms with van der Waals surface area (Å²) in [7, 11) is -0.944. The van der Waals surface area contributed by atoms with Gasteiger partial charge < -0.3 is 18.6 Å². The number of fused-ring (bicyclic) bond motifs is 1. The molecule has 4 unspecified atom stereocenters. The van der Waals surface area contributed by atoms with E-state index in [1.807, 2.05) is 0 Å². The Morgan fingerprint density at radius 3 is 2.00 bits per heavy atom. The topological polar surface area (TPSA) is 36.9 Å². The van der Waals surface area contributed by atoms with Crippen LogP contribution in [0.4, 0.5) is 0 Å². The Kier molecular flexibility index (Phi) is 5.91. The van der Waals surface area contributed by atoms with Crippen molar-refractivity contribution in [1.29, 1.82) is 0 Å². The van der Waals surface area contributed by atoms with E-state index in [9.17, 15) is 0 Å². The first-order valence-electron chi connectivity index (χ1n) is 11.7. The van der Waals surface area contributed by atoms with Crippen LogP contribution in [0.25, 0.3) is 0 Å². The molecule has 0 N–H and O–H groups in total. The second-order valence-corrected chi connectivity index (χ2v) is 12.1. The lowest BCUT2D eigenvalue weighted by Gasteiger charge is -2.53. The summed E-state index contributed by atoms with van der Waals surface area (Å²) in [4.78, 5) is 0.